The van der Waals surface area contributed by atoms with E-state index in [2.05, 4.69) is 0 Å². The molecule has 0 aromatic heterocycles. The first-order valence-electron chi connectivity index (χ1n) is 4.63. The van der Waals surface area contributed by atoms with Gasteiger partial charge in [0.1, 0.15) is 6.04 Å². The van der Waals surface area contributed by atoms with E-state index in [4.69, 9.17) is 5.11 Å². The van der Waals surface area contributed by atoms with Gasteiger partial charge in [-0.25, -0.2) is 18.4 Å². The highest BCUT2D eigenvalue weighted by molar-refractivity contribution is 5.82. The molecule has 1 atom stereocenters. The van der Waals surface area contributed by atoms with Crippen LogP contribution in [0.3, 0.4) is 0 Å². The van der Waals surface area contributed by atoms with Crippen LogP contribution in [0.2, 0.25) is 0 Å². The molecule has 0 rings (SSSR count). The number of nitrogens with one attached hydrogen (secondary N) is 2. The standard InChI is InChI=1S/C8H12F4N2O3/c1-2-4(5(15)16)14-7(17)13-3-8(11,12)6(9)10/h4,6H,2-3H2,1H3,(H,15,16)(H2,13,14,17). The van der Waals surface area contributed by atoms with Gasteiger partial charge >= 0.3 is 24.3 Å². The molecule has 0 aliphatic carbocycles. The number of halogens is 4. The quantitative estimate of drug-likeness (QED) is 0.624. The van der Waals surface area contributed by atoms with E-state index in [9.17, 15) is 27.2 Å². The van der Waals surface area contributed by atoms with Crippen LogP contribution in [0.15, 0.2) is 0 Å². The molecule has 0 aromatic carbocycles. The van der Waals surface area contributed by atoms with Crippen LogP contribution in [0.25, 0.3) is 0 Å². The maximum atomic E-state index is 12.4. The van der Waals surface area contributed by atoms with Crippen molar-refractivity contribution < 1.29 is 32.3 Å². The number of rotatable bonds is 6. The number of carbonyl (C=O) groups is 2. The lowest BCUT2D eigenvalue weighted by atomic mass is 10.2. The Morgan fingerprint density at radius 1 is 1.35 bits per heavy atom. The lowest BCUT2D eigenvalue weighted by Gasteiger charge is -2.17. The van der Waals surface area contributed by atoms with Crippen LogP contribution < -0.4 is 10.6 Å². The van der Waals surface area contributed by atoms with Crippen LogP contribution in [0.1, 0.15) is 13.3 Å². The molecular formula is C8H12F4N2O3. The van der Waals surface area contributed by atoms with Gasteiger partial charge in [-0.2, -0.15) is 8.78 Å². The Morgan fingerprint density at radius 2 is 1.88 bits per heavy atom. The maximum absolute atomic E-state index is 12.4. The SMILES string of the molecule is CCC(NC(=O)NCC(F)(F)C(F)F)C(=O)O. The molecule has 0 heterocycles. The summed E-state index contributed by atoms with van der Waals surface area (Å²) in [7, 11) is 0. The third-order valence-corrected chi connectivity index (χ3v) is 1.82. The second-order valence-corrected chi connectivity index (χ2v) is 3.19. The van der Waals surface area contributed by atoms with Gasteiger partial charge in [-0.3, -0.25) is 0 Å². The summed E-state index contributed by atoms with van der Waals surface area (Å²) < 4.78 is 48.2. The van der Waals surface area contributed by atoms with Crippen LogP contribution in [0.4, 0.5) is 22.4 Å². The zero-order valence-electron chi connectivity index (χ0n) is 8.84. The molecule has 0 bridgehead atoms. The first kappa shape index (κ1) is 15.5. The molecule has 0 spiro atoms. The normalized spacial score (nSPS) is 13.3. The van der Waals surface area contributed by atoms with E-state index >= 15 is 0 Å². The van der Waals surface area contributed by atoms with Gasteiger partial charge in [-0.15, -0.1) is 0 Å². The van der Waals surface area contributed by atoms with Crippen LogP contribution in [0.5, 0.6) is 0 Å². The first-order valence-corrected chi connectivity index (χ1v) is 4.63. The predicted octanol–water partition coefficient (Wildman–Crippen LogP) is 1.05. The van der Waals surface area contributed by atoms with Gasteiger partial charge in [0.05, 0.1) is 6.54 Å². The van der Waals surface area contributed by atoms with Crippen molar-refractivity contribution in [2.24, 2.45) is 0 Å². The van der Waals surface area contributed by atoms with Gasteiger partial charge in [0.25, 0.3) is 0 Å². The number of hydrogen-bond acceptors (Lipinski definition) is 2. The van der Waals surface area contributed by atoms with Crippen LogP contribution >= 0.6 is 0 Å². The van der Waals surface area contributed by atoms with Crippen LogP contribution in [-0.2, 0) is 4.79 Å². The van der Waals surface area contributed by atoms with Crippen molar-refractivity contribution in [3.05, 3.63) is 0 Å². The van der Waals surface area contributed by atoms with Crippen molar-refractivity contribution in [1.29, 1.82) is 0 Å². The average Bonchev–Trinajstić information content (AvgIpc) is 2.22. The van der Waals surface area contributed by atoms with E-state index in [0.717, 1.165) is 0 Å². The number of hydrogen-bond donors (Lipinski definition) is 3. The fraction of sp³-hybridized carbons (Fsp3) is 0.750. The molecule has 3 N–H and O–H groups in total. The molecule has 0 aromatic rings. The van der Waals surface area contributed by atoms with E-state index in [1.54, 1.807) is 0 Å². The molecular weight excluding hydrogens is 248 g/mol. The molecule has 9 heteroatoms. The summed E-state index contributed by atoms with van der Waals surface area (Å²) in [4.78, 5) is 21.4. The largest absolute Gasteiger partial charge is 0.480 e. The van der Waals surface area contributed by atoms with Crippen LogP contribution in [-0.4, -0.2) is 42.0 Å². The zero-order chi connectivity index (χ0) is 13.6. The number of carboxylic acid groups (broad SMARTS) is 1. The second kappa shape index (κ2) is 6.26. The molecule has 0 radical (unpaired) electrons. The Labute approximate surface area is 94.2 Å². The average molecular weight is 260 g/mol. The number of amides is 2. The smallest absolute Gasteiger partial charge is 0.326 e. The topological polar surface area (TPSA) is 78.4 Å². The van der Waals surface area contributed by atoms with E-state index in [0.29, 0.717) is 0 Å². The lowest BCUT2D eigenvalue weighted by Crippen LogP contribution is -2.49. The molecule has 0 saturated heterocycles. The van der Waals surface area contributed by atoms with E-state index in [1.165, 1.54) is 12.2 Å². The Balaban J connectivity index is 4.16. The predicted molar refractivity (Wildman–Crippen MR) is 49.2 cm³/mol. The molecule has 2 amide bonds. The van der Waals surface area contributed by atoms with Gasteiger partial charge < -0.3 is 15.7 Å². The fourth-order valence-corrected chi connectivity index (χ4v) is 0.823. The van der Waals surface area contributed by atoms with Crippen molar-refractivity contribution in [1.82, 2.24) is 10.6 Å². The zero-order valence-corrected chi connectivity index (χ0v) is 8.84. The molecule has 0 saturated carbocycles. The van der Waals surface area contributed by atoms with E-state index in [1.807, 2.05) is 5.32 Å². The molecule has 0 fully saturated rings. The Hall–Kier alpha value is -1.54. The van der Waals surface area contributed by atoms with Gasteiger partial charge in [0.15, 0.2) is 0 Å². The van der Waals surface area contributed by atoms with Crippen LogP contribution in [0, 0.1) is 0 Å². The van der Waals surface area contributed by atoms with Crippen molar-refractivity contribution in [3.8, 4) is 0 Å². The summed E-state index contributed by atoms with van der Waals surface area (Å²) in [6, 6.07) is -2.49. The molecule has 1 unspecified atom stereocenters. The highest BCUT2D eigenvalue weighted by Crippen LogP contribution is 2.21. The molecule has 17 heavy (non-hydrogen) atoms. The number of aliphatic carboxylic acids is 1. The fourth-order valence-electron chi connectivity index (χ4n) is 0.823. The summed E-state index contributed by atoms with van der Waals surface area (Å²) in [5.74, 6) is -5.69. The minimum atomic E-state index is -4.34. The monoisotopic (exact) mass is 260 g/mol. The maximum Gasteiger partial charge on any atom is 0.326 e. The molecule has 100 valence electrons. The minimum absolute atomic E-state index is 0.0357. The third-order valence-electron chi connectivity index (χ3n) is 1.82. The summed E-state index contributed by atoms with van der Waals surface area (Å²) in [5, 5.41) is 11.9. The number of alkyl halides is 4. The Morgan fingerprint density at radius 3 is 2.24 bits per heavy atom. The van der Waals surface area contributed by atoms with E-state index < -0.39 is 36.9 Å². The van der Waals surface area contributed by atoms with Crippen molar-refractivity contribution in [2.45, 2.75) is 31.7 Å². The third kappa shape index (κ3) is 5.36. The highest BCUT2D eigenvalue weighted by Gasteiger charge is 2.40. The van der Waals surface area contributed by atoms with Crippen molar-refractivity contribution >= 4 is 12.0 Å². The van der Waals surface area contributed by atoms with Crippen molar-refractivity contribution in [3.63, 3.8) is 0 Å². The summed E-state index contributed by atoms with van der Waals surface area (Å²) in [6.07, 6.45) is -3.86. The van der Waals surface area contributed by atoms with Gasteiger partial charge in [-0.05, 0) is 6.42 Å². The number of carboxylic acids is 1. The van der Waals surface area contributed by atoms with E-state index in [-0.39, 0.29) is 6.42 Å². The second-order valence-electron chi connectivity index (χ2n) is 3.19. The lowest BCUT2D eigenvalue weighted by molar-refractivity contribution is -0.139. The molecule has 0 aliphatic heterocycles. The van der Waals surface area contributed by atoms with Crippen molar-refractivity contribution in [2.75, 3.05) is 6.54 Å². The summed E-state index contributed by atoms with van der Waals surface area (Å²) in [5.41, 5.74) is 0. The van der Waals surface area contributed by atoms with Gasteiger partial charge in [0, 0.05) is 0 Å². The highest BCUT2D eigenvalue weighted by atomic mass is 19.3. The molecule has 0 aliphatic rings. The minimum Gasteiger partial charge on any atom is -0.480 e. The summed E-state index contributed by atoms with van der Waals surface area (Å²) >= 11 is 0. The first-order chi connectivity index (χ1) is 7.70. The van der Waals surface area contributed by atoms with Gasteiger partial charge in [-0.1, -0.05) is 6.92 Å². The Bertz CT molecular complexity index is 286. The molecule has 5 nitrogen and oxygen atoms in total. The summed E-state index contributed by atoms with van der Waals surface area (Å²) in [6.45, 7) is -0.112. The number of carbonyl (C=O) groups excluding carboxylic acids is 1. The number of urea groups is 1. The Kier molecular flexibility index (Phi) is 5.69. The van der Waals surface area contributed by atoms with Gasteiger partial charge in [0.2, 0.25) is 0 Å².